The number of amides is 1. The molecule has 5 heteroatoms. The van der Waals surface area contributed by atoms with Gasteiger partial charge in [0, 0.05) is 12.1 Å². The molecular formula is C16H19N3O2. The van der Waals surface area contributed by atoms with Crippen LogP contribution >= 0.6 is 0 Å². The molecule has 0 saturated heterocycles. The maximum atomic E-state index is 12.1. The molecule has 0 aliphatic rings. The van der Waals surface area contributed by atoms with Crippen LogP contribution in [-0.4, -0.2) is 33.1 Å². The molecule has 1 amide bonds. The number of nitrogens with zero attached hydrogens (tertiary/aromatic N) is 2. The Balaban J connectivity index is 1.94. The SMILES string of the molecule is Cc1cc(C(=O)NC(C)C(O)Cc2ccccc2)ncn1. The first kappa shape index (κ1) is 15.1. The van der Waals surface area contributed by atoms with Crippen molar-refractivity contribution in [2.45, 2.75) is 32.4 Å². The van der Waals surface area contributed by atoms with Gasteiger partial charge in [0.15, 0.2) is 0 Å². The number of nitrogens with one attached hydrogen (secondary N) is 1. The molecule has 2 unspecified atom stereocenters. The standard InChI is InChI=1S/C16H19N3O2/c1-11-8-14(18-10-17-11)16(21)19-12(2)15(20)9-13-6-4-3-5-7-13/h3-8,10,12,15,20H,9H2,1-2H3,(H,19,21). The zero-order chi connectivity index (χ0) is 15.2. The van der Waals surface area contributed by atoms with E-state index in [-0.39, 0.29) is 11.9 Å². The van der Waals surface area contributed by atoms with E-state index in [2.05, 4.69) is 15.3 Å². The molecule has 0 saturated carbocycles. The summed E-state index contributed by atoms with van der Waals surface area (Å²) in [7, 11) is 0. The molecule has 21 heavy (non-hydrogen) atoms. The zero-order valence-electron chi connectivity index (χ0n) is 12.2. The molecule has 5 nitrogen and oxygen atoms in total. The van der Waals surface area contributed by atoms with Crippen LogP contribution in [0, 0.1) is 6.92 Å². The van der Waals surface area contributed by atoms with E-state index >= 15 is 0 Å². The van der Waals surface area contributed by atoms with E-state index in [0.29, 0.717) is 12.1 Å². The third-order valence-electron chi connectivity index (χ3n) is 3.26. The highest BCUT2D eigenvalue weighted by atomic mass is 16.3. The van der Waals surface area contributed by atoms with Gasteiger partial charge in [-0.15, -0.1) is 0 Å². The van der Waals surface area contributed by atoms with Crippen molar-refractivity contribution in [1.29, 1.82) is 0 Å². The van der Waals surface area contributed by atoms with Crippen LogP contribution in [0.1, 0.15) is 28.7 Å². The van der Waals surface area contributed by atoms with Crippen LogP contribution in [0.3, 0.4) is 0 Å². The largest absolute Gasteiger partial charge is 0.391 e. The molecule has 0 bridgehead atoms. The third kappa shape index (κ3) is 4.36. The number of carbonyl (C=O) groups excluding carboxylic acids is 1. The lowest BCUT2D eigenvalue weighted by Crippen LogP contribution is -2.42. The van der Waals surface area contributed by atoms with Crippen LogP contribution < -0.4 is 5.32 Å². The molecule has 110 valence electrons. The number of aromatic nitrogens is 2. The average molecular weight is 285 g/mol. The van der Waals surface area contributed by atoms with Gasteiger partial charge >= 0.3 is 0 Å². The van der Waals surface area contributed by atoms with Crippen molar-refractivity contribution in [1.82, 2.24) is 15.3 Å². The quantitative estimate of drug-likeness (QED) is 0.873. The smallest absolute Gasteiger partial charge is 0.270 e. The Morgan fingerprint density at radius 1 is 1.29 bits per heavy atom. The fourth-order valence-corrected chi connectivity index (χ4v) is 1.99. The Hall–Kier alpha value is -2.27. The molecule has 1 aromatic carbocycles. The second-order valence-corrected chi connectivity index (χ2v) is 5.06. The first-order valence-electron chi connectivity index (χ1n) is 6.88. The molecule has 0 fully saturated rings. The number of aliphatic hydroxyl groups is 1. The van der Waals surface area contributed by atoms with E-state index in [1.807, 2.05) is 30.3 Å². The summed E-state index contributed by atoms with van der Waals surface area (Å²) >= 11 is 0. The lowest BCUT2D eigenvalue weighted by Gasteiger charge is -2.20. The minimum absolute atomic E-state index is 0.305. The van der Waals surface area contributed by atoms with Crippen molar-refractivity contribution < 1.29 is 9.90 Å². The molecule has 2 N–H and O–H groups in total. The minimum atomic E-state index is -0.653. The number of carbonyl (C=O) groups is 1. The van der Waals surface area contributed by atoms with E-state index in [1.165, 1.54) is 6.33 Å². The second-order valence-electron chi connectivity index (χ2n) is 5.06. The Morgan fingerprint density at radius 2 is 2.00 bits per heavy atom. The fourth-order valence-electron chi connectivity index (χ4n) is 1.99. The van der Waals surface area contributed by atoms with Crippen LogP contribution in [0.15, 0.2) is 42.7 Å². The lowest BCUT2D eigenvalue weighted by atomic mass is 10.0. The summed E-state index contributed by atoms with van der Waals surface area (Å²) in [5, 5.41) is 12.9. The number of hydrogen-bond acceptors (Lipinski definition) is 4. The summed E-state index contributed by atoms with van der Waals surface area (Å²) in [6.45, 7) is 3.58. The third-order valence-corrected chi connectivity index (χ3v) is 3.26. The van der Waals surface area contributed by atoms with Gasteiger partial charge in [0.25, 0.3) is 5.91 Å². The van der Waals surface area contributed by atoms with Crippen molar-refractivity contribution in [3.63, 3.8) is 0 Å². The summed E-state index contributed by atoms with van der Waals surface area (Å²) in [6, 6.07) is 10.9. The van der Waals surface area contributed by atoms with Gasteiger partial charge in [0.1, 0.15) is 12.0 Å². The number of aliphatic hydroxyl groups excluding tert-OH is 1. The van der Waals surface area contributed by atoms with E-state index in [9.17, 15) is 9.90 Å². The monoisotopic (exact) mass is 285 g/mol. The number of hydrogen-bond donors (Lipinski definition) is 2. The van der Waals surface area contributed by atoms with Crippen LogP contribution in [0.25, 0.3) is 0 Å². The van der Waals surface area contributed by atoms with Crippen molar-refractivity contribution in [3.05, 3.63) is 59.7 Å². The van der Waals surface area contributed by atoms with Crippen LogP contribution in [-0.2, 0) is 6.42 Å². The summed E-state index contributed by atoms with van der Waals surface area (Å²) < 4.78 is 0. The molecule has 0 aliphatic carbocycles. The maximum Gasteiger partial charge on any atom is 0.270 e. The topological polar surface area (TPSA) is 75.1 Å². The van der Waals surface area contributed by atoms with Gasteiger partial charge < -0.3 is 10.4 Å². The Labute approximate surface area is 124 Å². The molecule has 1 aromatic heterocycles. The van der Waals surface area contributed by atoms with Crippen LogP contribution in [0.4, 0.5) is 0 Å². The Kier molecular flexibility index (Phi) is 5.00. The van der Waals surface area contributed by atoms with Crippen molar-refractivity contribution in [3.8, 4) is 0 Å². The van der Waals surface area contributed by atoms with Crippen LogP contribution in [0.2, 0.25) is 0 Å². The highest BCUT2D eigenvalue weighted by Gasteiger charge is 2.18. The van der Waals surface area contributed by atoms with Crippen molar-refractivity contribution >= 4 is 5.91 Å². The minimum Gasteiger partial charge on any atom is -0.391 e. The molecule has 2 aromatic rings. The summed E-state index contributed by atoms with van der Waals surface area (Å²) in [6.07, 6.45) is 1.19. The predicted molar refractivity (Wildman–Crippen MR) is 79.9 cm³/mol. The average Bonchev–Trinajstić information content (AvgIpc) is 2.48. The summed E-state index contributed by atoms with van der Waals surface area (Å²) in [5.74, 6) is -0.305. The molecule has 2 atom stereocenters. The van der Waals surface area contributed by atoms with Gasteiger partial charge in [-0.05, 0) is 25.5 Å². The van der Waals surface area contributed by atoms with Gasteiger partial charge in [-0.2, -0.15) is 0 Å². The maximum absolute atomic E-state index is 12.1. The Bertz CT molecular complexity index is 601. The van der Waals surface area contributed by atoms with Gasteiger partial charge in [0.2, 0.25) is 0 Å². The summed E-state index contributed by atoms with van der Waals surface area (Å²) in [4.78, 5) is 19.9. The molecule has 1 heterocycles. The second kappa shape index (κ2) is 6.95. The van der Waals surface area contributed by atoms with E-state index in [0.717, 1.165) is 11.3 Å². The number of aryl methyl sites for hydroxylation is 1. The highest BCUT2D eigenvalue weighted by molar-refractivity contribution is 5.92. The first-order valence-corrected chi connectivity index (χ1v) is 6.88. The lowest BCUT2D eigenvalue weighted by molar-refractivity contribution is 0.0847. The first-order chi connectivity index (χ1) is 10.1. The van der Waals surface area contributed by atoms with Crippen LogP contribution in [0.5, 0.6) is 0 Å². The zero-order valence-corrected chi connectivity index (χ0v) is 12.2. The molecule has 0 radical (unpaired) electrons. The molecule has 2 rings (SSSR count). The molecule has 0 spiro atoms. The van der Waals surface area contributed by atoms with E-state index < -0.39 is 6.10 Å². The van der Waals surface area contributed by atoms with E-state index in [1.54, 1.807) is 19.9 Å². The Morgan fingerprint density at radius 3 is 2.67 bits per heavy atom. The number of benzene rings is 1. The van der Waals surface area contributed by atoms with E-state index in [4.69, 9.17) is 0 Å². The normalized spacial score (nSPS) is 13.5. The van der Waals surface area contributed by atoms with Crippen molar-refractivity contribution in [2.75, 3.05) is 0 Å². The van der Waals surface area contributed by atoms with Gasteiger partial charge in [-0.3, -0.25) is 4.79 Å². The number of rotatable bonds is 5. The molecule has 0 aliphatic heterocycles. The van der Waals surface area contributed by atoms with Gasteiger partial charge in [0.05, 0.1) is 12.1 Å². The van der Waals surface area contributed by atoms with Crippen molar-refractivity contribution in [2.24, 2.45) is 0 Å². The fraction of sp³-hybridized carbons (Fsp3) is 0.312. The highest BCUT2D eigenvalue weighted by Crippen LogP contribution is 2.07. The predicted octanol–water partition coefficient (Wildman–Crippen LogP) is 1.51. The van der Waals surface area contributed by atoms with Gasteiger partial charge in [-0.25, -0.2) is 9.97 Å². The summed E-state index contributed by atoms with van der Waals surface area (Å²) in [5.41, 5.74) is 2.07. The molecular weight excluding hydrogens is 266 g/mol. The van der Waals surface area contributed by atoms with Gasteiger partial charge in [-0.1, -0.05) is 30.3 Å².